The van der Waals surface area contributed by atoms with E-state index in [2.05, 4.69) is 27.5 Å². The van der Waals surface area contributed by atoms with Crippen LogP contribution in [0.25, 0.3) is 0 Å². The van der Waals surface area contributed by atoms with E-state index in [1.807, 2.05) is 0 Å². The Labute approximate surface area is 223 Å². The quantitative estimate of drug-likeness (QED) is 0.130. The molecule has 2 atom stereocenters. The largest absolute Gasteiger partial charge is 0.368 e. The van der Waals surface area contributed by atoms with Gasteiger partial charge in [-0.05, 0) is 32.2 Å². The Morgan fingerprint density at radius 3 is 1.95 bits per heavy atom. The van der Waals surface area contributed by atoms with Gasteiger partial charge in [-0.1, -0.05) is 84.0 Å². The summed E-state index contributed by atoms with van der Waals surface area (Å²) in [4.78, 5) is 44.2. The average molecular weight is 521 g/mol. The minimum atomic E-state index is -0.886. The number of imidazole rings is 1. The molecule has 0 fully saturated rings. The first-order chi connectivity index (χ1) is 18.0. The minimum absolute atomic E-state index is 0.139. The van der Waals surface area contributed by atoms with Crippen LogP contribution in [-0.4, -0.2) is 46.3 Å². The lowest BCUT2D eigenvalue weighted by molar-refractivity contribution is -0.131. The van der Waals surface area contributed by atoms with Gasteiger partial charge in [0.05, 0.1) is 6.33 Å². The Balaban J connectivity index is 2.29. The fourth-order valence-corrected chi connectivity index (χ4v) is 4.44. The lowest BCUT2D eigenvalue weighted by Gasteiger charge is -2.22. The first kappa shape index (κ1) is 32.6. The van der Waals surface area contributed by atoms with Crippen molar-refractivity contribution >= 4 is 17.7 Å². The summed E-state index contributed by atoms with van der Waals surface area (Å²) in [6, 6.07) is -1.60. The van der Waals surface area contributed by atoms with E-state index in [4.69, 9.17) is 11.5 Å². The van der Waals surface area contributed by atoms with E-state index in [1.54, 1.807) is 6.20 Å². The molecule has 0 aromatic carbocycles. The zero-order chi connectivity index (χ0) is 27.1. The number of hydrogen-bond donors (Lipinski definition) is 5. The molecule has 7 N–H and O–H groups in total. The van der Waals surface area contributed by atoms with Gasteiger partial charge in [-0.25, -0.2) is 4.98 Å². The van der Waals surface area contributed by atoms with Gasteiger partial charge in [0.1, 0.15) is 12.1 Å². The monoisotopic (exact) mass is 520 g/mol. The number of nitrogens with one attached hydrogen (secondary N) is 3. The summed E-state index contributed by atoms with van der Waals surface area (Å²) in [7, 11) is 0. The van der Waals surface area contributed by atoms with Crippen LogP contribution in [0.15, 0.2) is 12.5 Å². The van der Waals surface area contributed by atoms with Crippen molar-refractivity contribution < 1.29 is 14.4 Å². The summed E-state index contributed by atoms with van der Waals surface area (Å²) in [6.45, 7) is 2.77. The predicted molar refractivity (Wildman–Crippen MR) is 149 cm³/mol. The molecule has 1 heterocycles. The second kappa shape index (κ2) is 21.6. The number of rotatable bonds is 24. The minimum Gasteiger partial charge on any atom is -0.368 e. The molecule has 0 bridgehead atoms. The van der Waals surface area contributed by atoms with E-state index in [9.17, 15) is 14.4 Å². The van der Waals surface area contributed by atoms with Crippen LogP contribution in [0, 0.1) is 0 Å². The molecule has 0 unspecified atom stereocenters. The van der Waals surface area contributed by atoms with Crippen molar-refractivity contribution in [3.8, 4) is 0 Å². The topological polar surface area (TPSA) is 156 Å². The van der Waals surface area contributed by atoms with E-state index in [1.165, 1.54) is 70.5 Å². The van der Waals surface area contributed by atoms with Gasteiger partial charge >= 0.3 is 0 Å². The molecule has 3 amide bonds. The average Bonchev–Trinajstić information content (AvgIpc) is 3.39. The highest BCUT2D eigenvalue weighted by Crippen LogP contribution is 2.13. The maximum Gasteiger partial charge on any atom is 0.243 e. The fourth-order valence-electron chi connectivity index (χ4n) is 4.44. The Hall–Kier alpha value is -2.42. The van der Waals surface area contributed by atoms with Crippen molar-refractivity contribution in [2.45, 2.75) is 135 Å². The van der Waals surface area contributed by atoms with Crippen LogP contribution in [0.5, 0.6) is 0 Å². The zero-order valence-electron chi connectivity index (χ0n) is 23.1. The fraction of sp³-hybridized carbons (Fsp3) is 0.786. The van der Waals surface area contributed by atoms with Gasteiger partial charge in [-0.3, -0.25) is 14.4 Å². The third-order valence-electron chi connectivity index (χ3n) is 6.74. The summed E-state index contributed by atoms with van der Waals surface area (Å²) in [5.41, 5.74) is 11.8. The van der Waals surface area contributed by atoms with Crippen molar-refractivity contribution in [1.82, 2.24) is 20.6 Å². The highest BCUT2D eigenvalue weighted by molar-refractivity contribution is 5.91. The molecule has 0 radical (unpaired) electrons. The first-order valence-corrected chi connectivity index (χ1v) is 14.5. The van der Waals surface area contributed by atoms with E-state index in [-0.39, 0.29) is 12.3 Å². The molecular weight excluding hydrogens is 468 g/mol. The van der Waals surface area contributed by atoms with Gasteiger partial charge in [0.2, 0.25) is 17.7 Å². The second-order valence-corrected chi connectivity index (χ2v) is 10.1. The molecule has 0 saturated heterocycles. The molecule has 1 aromatic heterocycles. The van der Waals surface area contributed by atoms with Crippen LogP contribution < -0.4 is 22.1 Å². The van der Waals surface area contributed by atoms with Crippen molar-refractivity contribution in [2.24, 2.45) is 11.5 Å². The lowest BCUT2D eigenvalue weighted by atomic mass is 10.0. The van der Waals surface area contributed by atoms with E-state index in [0.717, 1.165) is 25.7 Å². The van der Waals surface area contributed by atoms with Gasteiger partial charge in [0.15, 0.2) is 0 Å². The van der Waals surface area contributed by atoms with E-state index >= 15 is 0 Å². The third kappa shape index (κ3) is 16.9. The maximum atomic E-state index is 12.9. The number of unbranched alkanes of at least 4 members (excludes halogenated alkanes) is 13. The molecular formula is C28H52N6O3. The van der Waals surface area contributed by atoms with Crippen LogP contribution in [0.4, 0.5) is 0 Å². The van der Waals surface area contributed by atoms with Gasteiger partial charge in [0, 0.05) is 24.7 Å². The molecule has 212 valence electrons. The van der Waals surface area contributed by atoms with Gasteiger partial charge < -0.3 is 27.1 Å². The van der Waals surface area contributed by atoms with Crippen LogP contribution >= 0.6 is 0 Å². The number of hydrogen-bond acceptors (Lipinski definition) is 5. The number of carbonyl (C=O) groups excluding carboxylic acids is 3. The van der Waals surface area contributed by atoms with Gasteiger partial charge in [-0.2, -0.15) is 0 Å². The number of aromatic nitrogens is 2. The molecule has 0 aliphatic carbocycles. The Morgan fingerprint density at radius 1 is 0.838 bits per heavy atom. The normalized spacial score (nSPS) is 12.7. The van der Waals surface area contributed by atoms with Crippen LogP contribution in [-0.2, 0) is 20.8 Å². The third-order valence-corrected chi connectivity index (χ3v) is 6.74. The van der Waals surface area contributed by atoms with Crippen molar-refractivity contribution in [2.75, 3.05) is 6.54 Å². The van der Waals surface area contributed by atoms with Crippen molar-refractivity contribution in [3.63, 3.8) is 0 Å². The molecule has 37 heavy (non-hydrogen) atoms. The number of H-pyrrole nitrogens is 1. The highest BCUT2D eigenvalue weighted by atomic mass is 16.2. The predicted octanol–water partition coefficient (Wildman–Crippen LogP) is 4.02. The molecule has 1 rings (SSSR count). The summed E-state index contributed by atoms with van der Waals surface area (Å²) >= 11 is 0. The zero-order valence-corrected chi connectivity index (χ0v) is 23.1. The Kier molecular flexibility index (Phi) is 19.1. The molecule has 9 nitrogen and oxygen atoms in total. The van der Waals surface area contributed by atoms with Gasteiger partial charge in [0.25, 0.3) is 0 Å². The molecule has 1 aromatic rings. The molecule has 0 saturated carbocycles. The standard InChI is InChI=1S/C28H52N6O3/c1-2-3-4-5-6-7-8-9-10-11-12-13-14-18-26(35)33-24(17-15-16-19-29)28(37)34-25(27(30)36)20-23-21-31-22-32-23/h21-22,24-25H,2-20,29H2,1H3,(H2,30,36)(H,31,32)(H,33,35)(H,34,37)/t24-,25-/m0/s1. The molecule has 0 aliphatic rings. The van der Waals surface area contributed by atoms with E-state index in [0.29, 0.717) is 31.5 Å². The number of amides is 3. The second-order valence-electron chi connectivity index (χ2n) is 10.1. The number of aromatic amines is 1. The Morgan fingerprint density at radius 2 is 1.43 bits per heavy atom. The SMILES string of the molecule is CCCCCCCCCCCCCCCC(=O)N[C@@H](CCCCN)C(=O)N[C@@H](Cc1cnc[nH]1)C(N)=O. The van der Waals surface area contributed by atoms with Crippen molar-refractivity contribution in [1.29, 1.82) is 0 Å². The molecule has 9 heteroatoms. The number of nitrogens with zero attached hydrogens (tertiary/aromatic N) is 1. The summed E-state index contributed by atoms with van der Waals surface area (Å²) < 4.78 is 0. The summed E-state index contributed by atoms with van der Waals surface area (Å²) in [5.74, 6) is -1.18. The van der Waals surface area contributed by atoms with Crippen LogP contribution in [0.1, 0.15) is 122 Å². The number of nitrogens with two attached hydrogens (primary N) is 2. The molecule has 0 aliphatic heterocycles. The van der Waals surface area contributed by atoms with Crippen molar-refractivity contribution in [3.05, 3.63) is 18.2 Å². The lowest BCUT2D eigenvalue weighted by Crippen LogP contribution is -2.53. The maximum absolute atomic E-state index is 12.9. The van der Waals surface area contributed by atoms with Crippen LogP contribution in [0.2, 0.25) is 0 Å². The highest BCUT2D eigenvalue weighted by Gasteiger charge is 2.25. The summed E-state index contributed by atoms with van der Waals surface area (Å²) in [5, 5.41) is 5.56. The van der Waals surface area contributed by atoms with E-state index < -0.39 is 23.9 Å². The Bertz CT molecular complexity index is 726. The smallest absolute Gasteiger partial charge is 0.243 e. The molecule has 0 spiro atoms. The summed E-state index contributed by atoms with van der Waals surface area (Å²) in [6.07, 6.45) is 21.8. The van der Waals surface area contributed by atoms with Gasteiger partial charge in [-0.15, -0.1) is 0 Å². The number of carbonyl (C=O) groups is 3. The number of primary amides is 1. The van der Waals surface area contributed by atoms with Crippen LogP contribution in [0.3, 0.4) is 0 Å². The first-order valence-electron chi connectivity index (χ1n) is 14.5.